The van der Waals surface area contributed by atoms with Crippen LogP contribution in [0.5, 0.6) is 0 Å². The van der Waals surface area contributed by atoms with Crippen LogP contribution >= 0.6 is 24.0 Å². The maximum absolute atomic E-state index is 11.5. The highest BCUT2D eigenvalue weighted by atomic mass is 127. The Hall–Kier alpha value is -0.880. The van der Waals surface area contributed by atoms with E-state index in [9.17, 15) is 8.42 Å². The number of sulfone groups is 1. The van der Waals surface area contributed by atoms with Crippen LogP contribution < -0.4 is 10.6 Å². The van der Waals surface area contributed by atoms with Crippen molar-refractivity contribution in [3.8, 4) is 0 Å². The first kappa shape index (κ1) is 23.2. The van der Waals surface area contributed by atoms with Crippen molar-refractivity contribution in [2.45, 2.75) is 27.3 Å². The number of aliphatic imine (C=N–C) groups is 1. The van der Waals surface area contributed by atoms with Crippen molar-refractivity contribution in [2.24, 2.45) is 12.0 Å². The lowest BCUT2D eigenvalue weighted by molar-refractivity contribution is 0.299. The van der Waals surface area contributed by atoms with Crippen LogP contribution in [0.25, 0.3) is 0 Å². The number of aryl methyl sites for hydroxylation is 2. The van der Waals surface area contributed by atoms with Crippen molar-refractivity contribution in [2.75, 3.05) is 44.2 Å². The topological polar surface area (TPSA) is 91.6 Å². The lowest BCUT2D eigenvalue weighted by atomic mass is 10.2. The molecule has 0 unspecified atom stereocenters. The maximum atomic E-state index is 11.5. The van der Waals surface area contributed by atoms with Crippen molar-refractivity contribution in [1.29, 1.82) is 0 Å². The van der Waals surface area contributed by atoms with Gasteiger partial charge in [-0.2, -0.15) is 5.10 Å². The molecule has 2 heterocycles. The normalized spacial score (nSPS) is 17.6. The average Bonchev–Trinajstić information content (AvgIpc) is 2.79. The number of nitrogens with one attached hydrogen (secondary N) is 2. The second-order valence-corrected chi connectivity index (χ2v) is 8.69. The Morgan fingerprint density at radius 3 is 2.42 bits per heavy atom. The molecule has 1 saturated heterocycles. The van der Waals surface area contributed by atoms with Gasteiger partial charge < -0.3 is 10.6 Å². The van der Waals surface area contributed by atoms with Gasteiger partial charge in [-0.15, -0.1) is 24.0 Å². The SMILES string of the molecule is CCNC(=NCc1c(C)nn(C)c1C)NCCN1CCS(=O)(=O)CC1.I. The molecule has 0 atom stereocenters. The summed E-state index contributed by atoms with van der Waals surface area (Å²) in [7, 11) is -0.875. The molecule has 2 N–H and O–H groups in total. The van der Waals surface area contributed by atoms with Gasteiger partial charge in [0, 0.05) is 51.0 Å². The standard InChI is InChI=1S/C16H30N6O2S.HI/c1-5-17-16(19-12-15-13(2)20-21(4)14(15)3)18-6-7-22-8-10-25(23,24)11-9-22;/h5-12H2,1-4H3,(H2,17,18,19);1H. The van der Waals surface area contributed by atoms with E-state index in [-0.39, 0.29) is 35.5 Å². The summed E-state index contributed by atoms with van der Waals surface area (Å²) >= 11 is 0. The third-order valence-corrected chi connectivity index (χ3v) is 6.17. The molecule has 0 saturated carbocycles. The number of hydrogen-bond acceptors (Lipinski definition) is 5. The van der Waals surface area contributed by atoms with Crippen LogP contribution in [0, 0.1) is 13.8 Å². The molecule has 0 aliphatic carbocycles. The summed E-state index contributed by atoms with van der Waals surface area (Å²) in [5.74, 6) is 1.30. The zero-order chi connectivity index (χ0) is 18.4. The molecule has 1 aliphatic heterocycles. The fourth-order valence-electron chi connectivity index (χ4n) is 2.85. The Bertz CT molecular complexity index is 703. The predicted molar refractivity (Wildman–Crippen MR) is 116 cm³/mol. The van der Waals surface area contributed by atoms with Crippen molar-refractivity contribution >= 4 is 39.8 Å². The highest BCUT2D eigenvalue weighted by Crippen LogP contribution is 2.12. The fourth-order valence-corrected chi connectivity index (χ4v) is 4.13. The Morgan fingerprint density at radius 2 is 1.88 bits per heavy atom. The second-order valence-electron chi connectivity index (χ2n) is 6.39. The van der Waals surface area contributed by atoms with Crippen LogP contribution in [0.4, 0.5) is 0 Å². The molecular weight excluding hydrogens is 467 g/mol. The molecule has 26 heavy (non-hydrogen) atoms. The first-order valence-electron chi connectivity index (χ1n) is 8.76. The highest BCUT2D eigenvalue weighted by molar-refractivity contribution is 14.0. The molecule has 0 amide bonds. The number of hydrogen-bond donors (Lipinski definition) is 2. The van der Waals surface area contributed by atoms with Crippen molar-refractivity contribution in [3.05, 3.63) is 17.0 Å². The summed E-state index contributed by atoms with van der Waals surface area (Å²) in [4.78, 5) is 6.82. The number of aromatic nitrogens is 2. The van der Waals surface area contributed by atoms with Gasteiger partial charge in [-0.25, -0.2) is 13.4 Å². The van der Waals surface area contributed by atoms with E-state index in [1.807, 2.05) is 25.6 Å². The Balaban J connectivity index is 0.00000338. The molecule has 0 aromatic carbocycles. The van der Waals surface area contributed by atoms with Crippen molar-refractivity contribution in [1.82, 2.24) is 25.3 Å². The van der Waals surface area contributed by atoms with Gasteiger partial charge in [0.15, 0.2) is 15.8 Å². The lowest BCUT2D eigenvalue weighted by Gasteiger charge is -2.26. The molecule has 1 aromatic rings. The Labute approximate surface area is 173 Å². The van der Waals surface area contributed by atoms with Gasteiger partial charge in [0.2, 0.25) is 0 Å². The fraction of sp³-hybridized carbons (Fsp3) is 0.750. The van der Waals surface area contributed by atoms with E-state index in [0.29, 0.717) is 19.6 Å². The molecule has 10 heteroatoms. The molecule has 1 fully saturated rings. The summed E-state index contributed by atoms with van der Waals surface area (Å²) in [6.07, 6.45) is 0. The molecule has 1 aromatic heterocycles. The Morgan fingerprint density at radius 1 is 1.23 bits per heavy atom. The van der Waals surface area contributed by atoms with E-state index < -0.39 is 9.84 Å². The number of guanidine groups is 1. The average molecular weight is 498 g/mol. The van der Waals surface area contributed by atoms with Crippen LogP contribution in [0.2, 0.25) is 0 Å². The minimum Gasteiger partial charge on any atom is -0.357 e. The molecule has 0 spiro atoms. The van der Waals surface area contributed by atoms with E-state index in [2.05, 4.69) is 32.5 Å². The summed E-state index contributed by atoms with van der Waals surface area (Å²) in [5.41, 5.74) is 3.29. The van der Waals surface area contributed by atoms with Crippen LogP contribution in [0.1, 0.15) is 23.9 Å². The minimum absolute atomic E-state index is 0. The van der Waals surface area contributed by atoms with Gasteiger partial charge in [0.25, 0.3) is 0 Å². The molecule has 2 rings (SSSR count). The maximum Gasteiger partial charge on any atom is 0.191 e. The zero-order valence-electron chi connectivity index (χ0n) is 16.1. The first-order valence-corrected chi connectivity index (χ1v) is 10.6. The van der Waals surface area contributed by atoms with E-state index in [0.717, 1.165) is 42.5 Å². The minimum atomic E-state index is -2.82. The Kier molecular flexibility index (Phi) is 9.31. The summed E-state index contributed by atoms with van der Waals surface area (Å²) in [5, 5.41) is 11.0. The van der Waals surface area contributed by atoms with Gasteiger partial charge in [-0.1, -0.05) is 0 Å². The summed E-state index contributed by atoms with van der Waals surface area (Å²) < 4.78 is 24.8. The van der Waals surface area contributed by atoms with Crippen molar-refractivity contribution in [3.63, 3.8) is 0 Å². The summed E-state index contributed by atoms with van der Waals surface area (Å²) in [6.45, 7) is 10.2. The largest absolute Gasteiger partial charge is 0.357 e. The molecule has 8 nitrogen and oxygen atoms in total. The number of halogens is 1. The predicted octanol–water partition coefficient (Wildman–Crippen LogP) is 0.440. The van der Waals surface area contributed by atoms with Gasteiger partial charge in [0.1, 0.15) is 0 Å². The third kappa shape index (κ3) is 6.69. The monoisotopic (exact) mass is 498 g/mol. The molecule has 1 aliphatic rings. The van der Waals surface area contributed by atoms with Crippen LogP contribution in [0.3, 0.4) is 0 Å². The van der Waals surface area contributed by atoms with E-state index in [1.54, 1.807) is 0 Å². The molecule has 0 bridgehead atoms. The smallest absolute Gasteiger partial charge is 0.191 e. The quantitative estimate of drug-likeness (QED) is 0.336. The number of nitrogens with zero attached hydrogens (tertiary/aromatic N) is 4. The van der Waals surface area contributed by atoms with Gasteiger partial charge in [0.05, 0.1) is 23.7 Å². The molecule has 0 radical (unpaired) electrons. The highest BCUT2D eigenvalue weighted by Gasteiger charge is 2.20. The van der Waals surface area contributed by atoms with Crippen LogP contribution in [0.15, 0.2) is 4.99 Å². The van der Waals surface area contributed by atoms with E-state index >= 15 is 0 Å². The second kappa shape index (κ2) is 10.5. The third-order valence-electron chi connectivity index (χ3n) is 4.56. The van der Waals surface area contributed by atoms with Crippen LogP contribution in [-0.2, 0) is 23.4 Å². The summed E-state index contributed by atoms with van der Waals surface area (Å²) in [6, 6.07) is 0. The van der Waals surface area contributed by atoms with Crippen LogP contribution in [-0.4, -0.2) is 73.3 Å². The van der Waals surface area contributed by atoms with Gasteiger partial charge >= 0.3 is 0 Å². The molecule has 150 valence electrons. The van der Waals surface area contributed by atoms with Gasteiger partial charge in [-0.3, -0.25) is 9.58 Å². The van der Waals surface area contributed by atoms with Crippen molar-refractivity contribution < 1.29 is 8.42 Å². The zero-order valence-corrected chi connectivity index (χ0v) is 19.2. The van der Waals surface area contributed by atoms with E-state index in [4.69, 9.17) is 0 Å². The first-order chi connectivity index (χ1) is 11.8. The number of rotatable bonds is 6. The van der Waals surface area contributed by atoms with Gasteiger partial charge in [-0.05, 0) is 20.8 Å². The molecular formula is C16H31IN6O2S. The van der Waals surface area contributed by atoms with E-state index in [1.165, 1.54) is 0 Å². The lowest BCUT2D eigenvalue weighted by Crippen LogP contribution is -2.45.